The standard InChI is InChI=1S/C24H19Br2N3O2/c1-15-4-3-5-17(10-15)14-31-23-9-7-19(25)11-18(23)13-27-29-16(2)28-22-8-6-20(26)12-21(22)24(29)30/h3-13H,14H2,1-2H3. The van der Waals surface area contributed by atoms with Crippen LogP contribution in [0.25, 0.3) is 10.9 Å². The molecule has 0 amide bonds. The molecule has 0 bridgehead atoms. The smallest absolute Gasteiger partial charge is 0.282 e. The van der Waals surface area contributed by atoms with E-state index in [0.717, 1.165) is 20.1 Å². The van der Waals surface area contributed by atoms with Gasteiger partial charge in [-0.3, -0.25) is 4.79 Å². The zero-order valence-corrected chi connectivity index (χ0v) is 20.1. The van der Waals surface area contributed by atoms with E-state index in [9.17, 15) is 4.79 Å². The lowest BCUT2D eigenvalue weighted by atomic mass is 10.1. The predicted molar refractivity (Wildman–Crippen MR) is 131 cm³/mol. The van der Waals surface area contributed by atoms with Gasteiger partial charge in [0.15, 0.2) is 0 Å². The Morgan fingerprint density at radius 1 is 1.03 bits per heavy atom. The highest BCUT2D eigenvalue weighted by Gasteiger charge is 2.09. The van der Waals surface area contributed by atoms with E-state index in [2.05, 4.69) is 61.0 Å². The lowest BCUT2D eigenvalue weighted by Gasteiger charge is -2.11. The van der Waals surface area contributed by atoms with Crippen molar-refractivity contribution in [2.24, 2.45) is 5.10 Å². The maximum atomic E-state index is 13.0. The van der Waals surface area contributed by atoms with E-state index in [-0.39, 0.29) is 5.56 Å². The summed E-state index contributed by atoms with van der Waals surface area (Å²) in [7, 11) is 0. The fraction of sp³-hybridized carbons (Fsp3) is 0.125. The van der Waals surface area contributed by atoms with E-state index < -0.39 is 0 Å². The zero-order valence-electron chi connectivity index (χ0n) is 17.0. The molecule has 1 heterocycles. The molecular weight excluding hydrogens is 522 g/mol. The van der Waals surface area contributed by atoms with E-state index in [0.29, 0.717) is 29.1 Å². The van der Waals surface area contributed by atoms with Crippen molar-refractivity contribution >= 4 is 49.0 Å². The van der Waals surface area contributed by atoms with Crippen LogP contribution >= 0.6 is 31.9 Å². The van der Waals surface area contributed by atoms with Crippen molar-refractivity contribution in [2.75, 3.05) is 0 Å². The molecule has 1 aromatic heterocycles. The summed E-state index contributed by atoms with van der Waals surface area (Å²) in [6, 6.07) is 19.3. The molecule has 7 heteroatoms. The average molecular weight is 541 g/mol. The van der Waals surface area contributed by atoms with Crippen LogP contribution in [-0.2, 0) is 6.61 Å². The Hall–Kier alpha value is -2.77. The highest BCUT2D eigenvalue weighted by atomic mass is 79.9. The van der Waals surface area contributed by atoms with Crippen LogP contribution in [0.5, 0.6) is 5.75 Å². The average Bonchev–Trinajstić information content (AvgIpc) is 2.74. The number of aryl methyl sites for hydroxylation is 2. The fourth-order valence-electron chi connectivity index (χ4n) is 3.23. The number of hydrogen-bond acceptors (Lipinski definition) is 4. The maximum Gasteiger partial charge on any atom is 0.282 e. The normalized spacial score (nSPS) is 11.4. The van der Waals surface area contributed by atoms with Gasteiger partial charge in [-0.1, -0.05) is 61.7 Å². The Kier molecular flexibility index (Phi) is 6.34. The van der Waals surface area contributed by atoms with Crippen molar-refractivity contribution in [3.05, 3.63) is 102 Å². The zero-order chi connectivity index (χ0) is 22.0. The monoisotopic (exact) mass is 539 g/mol. The first-order valence-corrected chi connectivity index (χ1v) is 11.2. The van der Waals surface area contributed by atoms with Crippen LogP contribution in [0.3, 0.4) is 0 Å². The molecule has 0 saturated carbocycles. The van der Waals surface area contributed by atoms with Crippen molar-refractivity contribution in [1.82, 2.24) is 9.66 Å². The van der Waals surface area contributed by atoms with Crippen LogP contribution < -0.4 is 10.3 Å². The Bertz CT molecular complexity index is 1360. The van der Waals surface area contributed by atoms with Gasteiger partial charge < -0.3 is 4.74 Å². The van der Waals surface area contributed by atoms with E-state index in [1.165, 1.54) is 10.2 Å². The summed E-state index contributed by atoms with van der Waals surface area (Å²) in [5.41, 5.74) is 3.44. The van der Waals surface area contributed by atoms with E-state index in [4.69, 9.17) is 4.74 Å². The lowest BCUT2D eigenvalue weighted by molar-refractivity contribution is 0.305. The minimum Gasteiger partial charge on any atom is -0.488 e. The van der Waals surface area contributed by atoms with Crippen molar-refractivity contribution < 1.29 is 4.74 Å². The number of rotatable bonds is 5. The van der Waals surface area contributed by atoms with Gasteiger partial charge in [-0.2, -0.15) is 9.78 Å². The second-order valence-corrected chi connectivity index (χ2v) is 8.97. The van der Waals surface area contributed by atoms with Crippen LogP contribution in [0.1, 0.15) is 22.5 Å². The molecule has 156 valence electrons. The number of benzene rings is 3. The van der Waals surface area contributed by atoms with Crippen molar-refractivity contribution in [2.45, 2.75) is 20.5 Å². The summed E-state index contributed by atoms with van der Waals surface area (Å²) in [6.45, 7) is 4.25. The van der Waals surface area contributed by atoms with Crippen LogP contribution in [0.15, 0.2) is 79.5 Å². The SMILES string of the molecule is Cc1cccc(COc2ccc(Br)cc2C=Nn2c(C)nc3ccc(Br)cc3c2=O)c1. The summed E-state index contributed by atoms with van der Waals surface area (Å²) >= 11 is 6.90. The highest BCUT2D eigenvalue weighted by molar-refractivity contribution is 9.10. The summed E-state index contributed by atoms with van der Waals surface area (Å²) in [5, 5.41) is 4.93. The molecule has 0 radical (unpaired) electrons. The molecule has 0 aliphatic carbocycles. The number of hydrogen-bond donors (Lipinski definition) is 0. The molecule has 0 aliphatic rings. The van der Waals surface area contributed by atoms with Crippen LogP contribution in [0.4, 0.5) is 0 Å². The Morgan fingerprint density at radius 3 is 2.61 bits per heavy atom. The minimum atomic E-state index is -0.225. The van der Waals surface area contributed by atoms with E-state index in [1.54, 1.807) is 19.2 Å². The van der Waals surface area contributed by atoms with Crippen molar-refractivity contribution in [3.63, 3.8) is 0 Å². The van der Waals surface area contributed by atoms with E-state index in [1.807, 2.05) is 42.5 Å². The van der Waals surface area contributed by atoms with Gasteiger partial charge in [0.25, 0.3) is 5.56 Å². The number of nitrogens with zero attached hydrogens (tertiary/aromatic N) is 3. The lowest BCUT2D eigenvalue weighted by Crippen LogP contribution is -2.20. The predicted octanol–water partition coefficient (Wildman–Crippen LogP) is 6.00. The Balaban J connectivity index is 1.68. The number of fused-ring (bicyclic) bond motifs is 1. The second kappa shape index (κ2) is 9.16. The molecule has 3 aromatic carbocycles. The largest absolute Gasteiger partial charge is 0.488 e. The molecule has 0 unspecified atom stereocenters. The van der Waals surface area contributed by atoms with Gasteiger partial charge in [-0.25, -0.2) is 4.98 Å². The fourth-order valence-corrected chi connectivity index (χ4v) is 3.97. The molecule has 0 fully saturated rings. The molecule has 0 saturated heterocycles. The quantitative estimate of drug-likeness (QED) is 0.292. The Labute approximate surface area is 196 Å². The second-order valence-electron chi connectivity index (χ2n) is 7.14. The topological polar surface area (TPSA) is 56.5 Å². The minimum absolute atomic E-state index is 0.225. The molecule has 4 aromatic rings. The third kappa shape index (κ3) is 4.94. The highest BCUT2D eigenvalue weighted by Crippen LogP contribution is 2.23. The maximum absolute atomic E-state index is 13.0. The summed E-state index contributed by atoms with van der Waals surface area (Å²) in [6.07, 6.45) is 1.62. The van der Waals surface area contributed by atoms with Crippen LogP contribution in [0.2, 0.25) is 0 Å². The first-order chi connectivity index (χ1) is 14.9. The van der Waals surface area contributed by atoms with Crippen molar-refractivity contribution in [1.29, 1.82) is 0 Å². The third-order valence-electron chi connectivity index (χ3n) is 4.73. The molecule has 0 spiro atoms. The van der Waals surface area contributed by atoms with E-state index >= 15 is 0 Å². The van der Waals surface area contributed by atoms with Gasteiger partial charge in [0.05, 0.1) is 17.1 Å². The number of halogens is 2. The Morgan fingerprint density at radius 2 is 1.81 bits per heavy atom. The molecule has 0 aliphatic heterocycles. The number of aromatic nitrogens is 2. The van der Waals surface area contributed by atoms with Crippen LogP contribution in [0, 0.1) is 13.8 Å². The summed E-state index contributed by atoms with van der Waals surface area (Å²) < 4.78 is 9.06. The van der Waals surface area contributed by atoms with Crippen LogP contribution in [-0.4, -0.2) is 15.9 Å². The number of ether oxygens (including phenoxy) is 1. The van der Waals surface area contributed by atoms with Crippen molar-refractivity contribution in [3.8, 4) is 5.75 Å². The first kappa shape index (κ1) is 21.5. The summed E-state index contributed by atoms with van der Waals surface area (Å²) in [4.78, 5) is 17.5. The molecule has 31 heavy (non-hydrogen) atoms. The summed E-state index contributed by atoms with van der Waals surface area (Å²) in [5.74, 6) is 1.18. The van der Waals surface area contributed by atoms with Gasteiger partial charge in [0, 0.05) is 14.5 Å². The van der Waals surface area contributed by atoms with Gasteiger partial charge >= 0.3 is 0 Å². The molecule has 5 nitrogen and oxygen atoms in total. The third-order valence-corrected chi connectivity index (χ3v) is 5.72. The molecule has 0 atom stereocenters. The van der Waals surface area contributed by atoms with Gasteiger partial charge in [0.2, 0.25) is 0 Å². The van der Waals surface area contributed by atoms with Gasteiger partial charge in [-0.15, -0.1) is 0 Å². The first-order valence-electron chi connectivity index (χ1n) is 9.62. The molecule has 0 N–H and O–H groups in total. The van der Waals surface area contributed by atoms with Gasteiger partial charge in [0.1, 0.15) is 18.2 Å². The van der Waals surface area contributed by atoms with Gasteiger partial charge in [-0.05, 0) is 55.8 Å². The molecular formula is C24H19Br2N3O2. The molecule has 4 rings (SSSR count).